The van der Waals surface area contributed by atoms with Crippen LogP contribution in [0.5, 0.6) is 0 Å². The van der Waals surface area contributed by atoms with Crippen LogP contribution in [-0.2, 0) is 6.54 Å². The zero-order chi connectivity index (χ0) is 20.8. The summed E-state index contributed by atoms with van der Waals surface area (Å²) in [7, 11) is 0. The zero-order valence-corrected chi connectivity index (χ0v) is 16.6. The van der Waals surface area contributed by atoms with E-state index in [1.54, 1.807) is 24.3 Å². The van der Waals surface area contributed by atoms with Gasteiger partial charge in [0, 0.05) is 18.7 Å². The van der Waals surface area contributed by atoms with E-state index in [2.05, 4.69) is 10.2 Å². The lowest BCUT2D eigenvalue weighted by molar-refractivity contribution is 0.0696. The van der Waals surface area contributed by atoms with Crippen LogP contribution in [0.4, 0.5) is 11.4 Å². The van der Waals surface area contributed by atoms with Gasteiger partial charge in [-0.3, -0.25) is 4.79 Å². The Morgan fingerprint density at radius 1 is 0.931 bits per heavy atom. The van der Waals surface area contributed by atoms with Gasteiger partial charge in [0.05, 0.1) is 16.9 Å². The highest BCUT2D eigenvalue weighted by atomic mass is 16.4. The van der Waals surface area contributed by atoms with Crippen LogP contribution < -0.4 is 10.2 Å². The van der Waals surface area contributed by atoms with E-state index in [0.717, 1.165) is 16.8 Å². The van der Waals surface area contributed by atoms with E-state index in [1.165, 1.54) is 6.07 Å². The first-order chi connectivity index (χ1) is 14.0. The van der Waals surface area contributed by atoms with Crippen LogP contribution in [0.3, 0.4) is 0 Å². The fourth-order valence-corrected chi connectivity index (χ4v) is 3.12. The molecule has 3 aromatic carbocycles. The van der Waals surface area contributed by atoms with Crippen LogP contribution in [0, 0.1) is 6.92 Å². The van der Waals surface area contributed by atoms with Gasteiger partial charge in [0.25, 0.3) is 5.91 Å². The molecule has 0 saturated heterocycles. The summed E-state index contributed by atoms with van der Waals surface area (Å²) < 4.78 is 0. The van der Waals surface area contributed by atoms with Crippen LogP contribution in [-0.4, -0.2) is 23.5 Å². The molecule has 0 aromatic heterocycles. The lowest BCUT2D eigenvalue weighted by Gasteiger charge is -2.26. The third-order valence-corrected chi connectivity index (χ3v) is 4.74. The Bertz CT molecular complexity index is 998. The van der Waals surface area contributed by atoms with Crippen molar-refractivity contribution in [3.63, 3.8) is 0 Å². The third-order valence-electron chi connectivity index (χ3n) is 4.74. The number of anilines is 2. The predicted octanol–water partition coefficient (Wildman–Crippen LogP) is 4.97. The van der Waals surface area contributed by atoms with Crippen LogP contribution in [0.1, 0.15) is 38.8 Å². The van der Waals surface area contributed by atoms with Crippen molar-refractivity contribution in [2.24, 2.45) is 0 Å². The van der Waals surface area contributed by atoms with Gasteiger partial charge in [-0.1, -0.05) is 48.0 Å². The van der Waals surface area contributed by atoms with Crippen molar-refractivity contribution >= 4 is 23.3 Å². The summed E-state index contributed by atoms with van der Waals surface area (Å²) in [5.74, 6) is -1.31. The molecule has 0 heterocycles. The minimum Gasteiger partial charge on any atom is -0.478 e. The molecule has 3 rings (SSSR count). The average Bonchev–Trinajstić information content (AvgIpc) is 2.73. The second-order valence-electron chi connectivity index (χ2n) is 6.86. The fourth-order valence-electron chi connectivity index (χ4n) is 3.12. The number of hydrogen-bond acceptors (Lipinski definition) is 3. The maximum absolute atomic E-state index is 12.8. The van der Waals surface area contributed by atoms with E-state index in [1.807, 2.05) is 56.3 Å². The minimum absolute atomic E-state index is 0.128. The van der Waals surface area contributed by atoms with Crippen LogP contribution >= 0.6 is 0 Å². The van der Waals surface area contributed by atoms with Gasteiger partial charge in [0.2, 0.25) is 0 Å². The van der Waals surface area contributed by atoms with E-state index in [-0.39, 0.29) is 11.5 Å². The van der Waals surface area contributed by atoms with E-state index >= 15 is 0 Å². The Morgan fingerprint density at radius 3 is 2.21 bits per heavy atom. The SMILES string of the molecule is CCN(Cc1ccccc1)c1ccc(C(=O)O)cc1NC(=O)c1ccc(C)cc1. The molecule has 0 aliphatic heterocycles. The molecular weight excluding hydrogens is 364 g/mol. The molecule has 0 aliphatic carbocycles. The molecule has 3 aromatic rings. The smallest absolute Gasteiger partial charge is 0.335 e. The van der Waals surface area contributed by atoms with Crippen molar-refractivity contribution in [3.05, 3.63) is 95.1 Å². The number of hydrogen-bond donors (Lipinski definition) is 2. The highest BCUT2D eigenvalue weighted by Crippen LogP contribution is 2.29. The van der Waals surface area contributed by atoms with E-state index in [4.69, 9.17) is 0 Å². The van der Waals surface area contributed by atoms with Gasteiger partial charge in [-0.15, -0.1) is 0 Å². The summed E-state index contributed by atoms with van der Waals surface area (Å²) in [6.45, 7) is 5.34. The molecule has 0 radical (unpaired) electrons. The highest BCUT2D eigenvalue weighted by Gasteiger charge is 2.16. The number of carboxylic acid groups (broad SMARTS) is 1. The van der Waals surface area contributed by atoms with Gasteiger partial charge < -0.3 is 15.3 Å². The van der Waals surface area contributed by atoms with Crippen molar-refractivity contribution in [1.29, 1.82) is 0 Å². The Kier molecular flexibility index (Phi) is 6.29. The van der Waals surface area contributed by atoms with Crippen molar-refractivity contribution < 1.29 is 14.7 Å². The normalized spacial score (nSPS) is 10.4. The maximum atomic E-state index is 12.8. The van der Waals surface area contributed by atoms with Crippen molar-refractivity contribution in [3.8, 4) is 0 Å². The highest BCUT2D eigenvalue weighted by molar-refractivity contribution is 6.06. The van der Waals surface area contributed by atoms with E-state index in [9.17, 15) is 14.7 Å². The number of aryl methyl sites for hydroxylation is 1. The Labute approximate surface area is 170 Å². The molecular formula is C24H24N2O3. The number of nitrogens with one attached hydrogen (secondary N) is 1. The molecule has 0 spiro atoms. The number of benzene rings is 3. The standard InChI is InChI=1S/C24H24N2O3/c1-3-26(16-18-7-5-4-6-8-18)22-14-13-20(24(28)29)15-21(22)25-23(27)19-11-9-17(2)10-12-19/h4-15H,3,16H2,1-2H3,(H,25,27)(H,28,29). The summed E-state index contributed by atoms with van der Waals surface area (Å²) in [4.78, 5) is 26.3. The lowest BCUT2D eigenvalue weighted by Crippen LogP contribution is -2.24. The first kappa shape index (κ1) is 20.1. The van der Waals surface area contributed by atoms with Crippen molar-refractivity contribution in [1.82, 2.24) is 0 Å². The molecule has 2 N–H and O–H groups in total. The largest absolute Gasteiger partial charge is 0.478 e. The van der Waals surface area contributed by atoms with Gasteiger partial charge in [-0.05, 0) is 49.7 Å². The molecule has 0 bridgehead atoms. The number of rotatable bonds is 7. The van der Waals surface area contributed by atoms with Crippen molar-refractivity contribution in [2.75, 3.05) is 16.8 Å². The van der Waals surface area contributed by atoms with Crippen LogP contribution in [0.25, 0.3) is 0 Å². The summed E-state index contributed by atoms with van der Waals surface area (Å²) in [6.07, 6.45) is 0. The number of nitrogens with zero attached hydrogens (tertiary/aromatic N) is 1. The minimum atomic E-state index is -1.03. The Hall–Kier alpha value is -3.60. The zero-order valence-electron chi connectivity index (χ0n) is 16.6. The van der Waals surface area contributed by atoms with Gasteiger partial charge in [-0.25, -0.2) is 4.79 Å². The van der Waals surface area contributed by atoms with Crippen LogP contribution in [0.15, 0.2) is 72.8 Å². The van der Waals surface area contributed by atoms with Gasteiger partial charge in [0.1, 0.15) is 0 Å². The molecule has 29 heavy (non-hydrogen) atoms. The Morgan fingerprint density at radius 2 is 1.59 bits per heavy atom. The number of amides is 1. The topological polar surface area (TPSA) is 69.6 Å². The van der Waals surface area contributed by atoms with Gasteiger partial charge >= 0.3 is 5.97 Å². The molecule has 0 atom stereocenters. The van der Waals surface area contributed by atoms with E-state index < -0.39 is 5.97 Å². The third kappa shape index (κ3) is 5.02. The van der Waals surface area contributed by atoms with Gasteiger partial charge in [0.15, 0.2) is 0 Å². The number of carbonyl (C=O) groups is 2. The molecule has 0 unspecified atom stereocenters. The quantitative estimate of drug-likeness (QED) is 0.599. The summed E-state index contributed by atoms with van der Waals surface area (Å²) >= 11 is 0. The lowest BCUT2D eigenvalue weighted by atomic mass is 10.1. The molecule has 0 fully saturated rings. The molecule has 0 saturated carbocycles. The second-order valence-corrected chi connectivity index (χ2v) is 6.86. The number of carboxylic acids is 1. The first-order valence-electron chi connectivity index (χ1n) is 9.52. The van der Waals surface area contributed by atoms with Gasteiger partial charge in [-0.2, -0.15) is 0 Å². The molecule has 5 heteroatoms. The van der Waals surface area contributed by atoms with Crippen LogP contribution in [0.2, 0.25) is 0 Å². The fraction of sp³-hybridized carbons (Fsp3) is 0.167. The maximum Gasteiger partial charge on any atom is 0.335 e. The second kappa shape index (κ2) is 9.06. The average molecular weight is 388 g/mol. The number of carbonyl (C=O) groups excluding carboxylic acids is 1. The first-order valence-corrected chi connectivity index (χ1v) is 9.52. The molecule has 0 aliphatic rings. The van der Waals surface area contributed by atoms with E-state index in [0.29, 0.717) is 24.3 Å². The monoisotopic (exact) mass is 388 g/mol. The molecule has 1 amide bonds. The molecule has 148 valence electrons. The van der Waals surface area contributed by atoms with Crippen molar-refractivity contribution in [2.45, 2.75) is 20.4 Å². The Balaban J connectivity index is 1.94. The summed E-state index contributed by atoms with van der Waals surface area (Å²) in [6, 6.07) is 22.1. The summed E-state index contributed by atoms with van der Waals surface area (Å²) in [5.41, 5.74) is 4.11. The summed E-state index contributed by atoms with van der Waals surface area (Å²) in [5, 5.41) is 12.3. The molecule has 5 nitrogen and oxygen atoms in total. The number of aromatic carboxylic acids is 1. The predicted molar refractivity (Wildman–Crippen MR) is 116 cm³/mol.